The fraction of sp³-hybridized carbons (Fsp3) is 0.650. The Bertz CT molecular complexity index is 734. The lowest BCUT2D eigenvalue weighted by Gasteiger charge is -2.36. The van der Waals surface area contributed by atoms with Gasteiger partial charge in [0.15, 0.2) is 0 Å². The molecule has 0 bridgehead atoms. The third-order valence-electron chi connectivity index (χ3n) is 5.60. The number of piperidine rings is 1. The van der Waals surface area contributed by atoms with Crippen molar-refractivity contribution in [1.29, 1.82) is 0 Å². The first-order chi connectivity index (χ1) is 13.0. The maximum Gasteiger partial charge on any atom is 0.340 e. The third-order valence-corrected chi connectivity index (χ3v) is 5.60. The van der Waals surface area contributed by atoms with E-state index in [4.69, 9.17) is 4.74 Å². The van der Waals surface area contributed by atoms with Crippen molar-refractivity contribution in [2.75, 3.05) is 26.2 Å². The van der Waals surface area contributed by atoms with Crippen LogP contribution in [-0.2, 0) is 9.53 Å². The molecule has 1 aromatic heterocycles. The van der Waals surface area contributed by atoms with Gasteiger partial charge in [-0.3, -0.25) is 9.59 Å². The molecule has 1 unspecified atom stereocenters. The first-order valence-electron chi connectivity index (χ1n) is 9.91. The van der Waals surface area contributed by atoms with Crippen molar-refractivity contribution in [2.45, 2.75) is 58.9 Å². The van der Waals surface area contributed by atoms with Gasteiger partial charge in [0, 0.05) is 25.3 Å². The molecule has 2 amide bonds. The molecule has 3 heterocycles. The van der Waals surface area contributed by atoms with Gasteiger partial charge >= 0.3 is 5.97 Å². The maximum atomic E-state index is 13.3. The minimum Gasteiger partial charge on any atom is -0.462 e. The van der Waals surface area contributed by atoms with Crippen LogP contribution in [0.5, 0.6) is 0 Å². The van der Waals surface area contributed by atoms with Gasteiger partial charge in [0.25, 0.3) is 5.91 Å². The molecule has 2 saturated heterocycles. The number of rotatable bonds is 4. The lowest BCUT2D eigenvalue weighted by atomic mass is 9.99. The number of aromatic amines is 1. The number of carbonyl (C=O) groups excluding carboxylic acids is 3. The quantitative estimate of drug-likeness (QED) is 0.820. The molecule has 0 saturated carbocycles. The van der Waals surface area contributed by atoms with E-state index < -0.39 is 12.0 Å². The normalized spacial score (nSPS) is 20.0. The van der Waals surface area contributed by atoms with Crippen LogP contribution in [-0.4, -0.2) is 64.9 Å². The zero-order valence-corrected chi connectivity index (χ0v) is 16.5. The fourth-order valence-electron chi connectivity index (χ4n) is 4.20. The number of aryl methyl sites for hydroxylation is 1. The molecule has 7 heteroatoms. The fourth-order valence-corrected chi connectivity index (χ4v) is 4.20. The van der Waals surface area contributed by atoms with Crippen LogP contribution < -0.4 is 0 Å². The number of nitrogens with zero attached hydrogens (tertiary/aromatic N) is 2. The number of nitrogens with one attached hydrogen (secondary N) is 1. The van der Waals surface area contributed by atoms with Crippen LogP contribution >= 0.6 is 0 Å². The maximum absolute atomic E-state index is 13.3. The van der Waals surface area contributed by atoms with Crippen molar-refractivity contribution >= 4 is 17.8 Å². The number of hydrogen-bond acceptors (Lipinski definition) is 4. The molecule has 1 aromatic rings. The van der Waals surface area contributed by atoms with Crippen LogP contribution in [0.3, 0.4) is 0 Å². The number of hydrogen-bond donors (Lipinski definition) is 1. The summed E-state index contributed by atoms with van der Waals surface area (Å²) < 4.78 is 5.11. The van der Waals surface area contributed by atoms with Gasteiger partial charge in [-0.2, -0.15) is 0 Å². The summed E-state index contributed by atoms with van der Waals surface area (Å²) in [5.74, 6) is -0.568. The predicted octanol–water partition coefficient (Wildman–Crippen LogP) is 2.43. The molecule has 7 nitrogen and oxygen atoms in total. The van der Waals surface area contributed by atoms with E-state index in [1.54, 1.807) is 25.7 Å². The Hall–Kier alpha value is -2.31. The highest BCUT2D eigenvalue weighted by Crippen LogP contribution is 2.26. The number of H-pyrrole nitrogens is 1. The van der Waals surface area contributed by atoms with Gasteiger partial charge in [-0.1, -0.05) is 0 Å². The highest BCUT2D eigenvalue weighted by Gasteiger charge is 2.37. The van der Waals surface area contributed by atoms with Crippen LogP contribution in [0.2, 0.25) is 0 Å². The summed E-state index contributed by atoms with van der Waals surface area (Å²) in [6.07, 6.45) is 4.60. The van der Waals surface area contributed by atoms with Crippen LogP contribution in [0.25, 0.3) is 0 Å². The molecule has 27 heavy (non-hydrogen) atoms. The summed E-state index contributed by atoms with van der Waals surface area (Å²) >= 11 is 0. The second kappa shape index (κ2) is 8.15. The molecule has 0 spiro atoms. The van der Waals surface area contributed by atoms with Gasteiger partial charge in [0.2, 0.25) is 5.91 Å². The summed E-state index contributed by atoms with van der Waals surface area (Å²) in [6, 6.07) is -0.404. The van der Waals surface area contributed by atoms with E-state index in [1.165, 1.54) is 0 Å². The lowest BCUT2D eigenvalue weighted by molar-refractivity contribution is -0.136. The Morgan fingerprint density at radius 3 is 2.41 bits per heavy atom. The monoisotopic (exact) mass is 375 g/mol. The summed E-state index contributed by atoms with van der Waals surface area (Å²) in [7, 11) is 0. The zero-order chi connectivity index (χ0) is 19.6. The van der Waals surface area contributed by atoms with Crippen molar-refractivity contribution in [3.05, 3.63) is 22.5 Å². The van der Waals surface area contributed by atoms with E-state index in [1.807, 2.05) is 4.90 Å². The highest BCUT2D eigenvalue weighted by molar-refractivity contribution is 6.02. The van der Waals surface area contributed by atoms with Crippen molar-refractivity contribution < 1.29 is 19.1 Å². The number of amides is 2. The molecule has 2 aliphatic rings. The minimum atomic E-state index is -0.425. The van der Waals surface area contributed by atoms with E-state index in [0.29, 0.717) is 35.5 Å². The van der Waals surface area contributed by atoms with Crippen LogP contribution in [0, 0.1) is 13.8 Å². The molecule has 1 atom stereocenters. The molecule has 0 radical (unpaired) electrons. The van der Waals surface area contributed by atoms with Crippen LogP contribution in [0.15, 0.2) is 0 Å². The second-order valence-corrected chi connectivity index (χ2v) is 7.39. The Labute approximate surface area is 160 Å². The average molecular weight is 375 g/mol. The molecule has 2 fully saturated rings. The standard InChI is InChI=1S/C20H29N3O4/c1-4-27-20(26)16-13(2)17(21-14(16)3)19(25)23-12-6-5-9-15(23)18(24)22-10-7-8-11-22/h15,21H,4-12H2,1-3H3. The van der Waals surface area contributed by atoms with Crippen molar-refractivity contribution in [3.63, 3.8) is 0 Å². The largest absolute Gasteiger partial charge is 0.462 e. The molecule has 148 valence electrons. The zero-order valence-electron chi connectivity index (χ0n) is 16.5. The number of ether oxygens (including phenoxy) is 1. The SMILES string of the molecule is CCOC(=O)c1c(C)[nH]c(C(=O)N2CCCCC2C(=O)N2CCCC2)c1C. The van der Waals surface area contributed by atoms with Gasteiger partial charge in [0.05, 0.1) is 12.2 Å². The Morgan fingerprint density at radius 2 is 1.74 bits per heavy atom. The first-order valence-corrected chi connectivity index (χ1v) is 9.91. The third kappa shape index (κ3) is 3.73. The number of likely N-dealkylation sites (tertiary alicyclic amines) is 2. The van der Waals surface area contributed by atoms with E-state index in [0.717, 1.165) is 38.8 Å². The smallest absolute Gasteiger partial charge is 0.340 e. The summed E-state index contributed by atoms with van der Waals surface area (Å²) in [4.78, 5) is 45.1. The van der Waals surface area contributed by atoms with E-state index in [2.05, 4.69) is 4.98 Å². The van der Waals surface area contributed by atoms with E-state index in [9.17, 15) is 14.4 Å². The number of aromatic nitrogens is 1. The topological polar surface area (TPSA) is 82.7 Å². The Balaban J connectivity index is 1.86. The predicted molar refractivity (Wildman–Crippen MR) is 101 cm³/mol. The Morgan fingerprint density at radius 1 is 1.07 bits per heavy atom. The lowest BCUT2D eigenvalue weighted by Crippen LogP contribution is -2.52. The molecule has 1 N–H and O–H groups in total. The minimum absolute atomic E-state index is 0.0621. The molecule has 2 aliphatic heterocycles. The van der Waals surface area contributed by atoms with Crippen LogP contribution in [0.4, 0.5) is 0 Å². The van der Waals surface area contributed by atoms with Gasteiger partial charge in [-0.15, -0.1) is 0 Å². The molecular weight excluding hydrogens is 346 g/mol. The van der Waals surface area contributed by atoms with E-state index >= 15 is 0 Å². The Kier molecular flexibility index (Phi) is 5.87. The van der Waals surface area contributed by atoms with Gasteiger partial charge in [0.1, 0.15) is 11.7 Å². The number of esters is 1. The molecule has 0 aromatic carbocycles. The second-order valence-electron chi connectivity index (χ2n) is 7.39. The van der Waals surface area contributed by atoms with E-state index in [-0.39, 0.29) is 18.4 Å². The van der Waals surface area contributed by atoms with Crippen molar-refractivity contribution in [3.8, 4) is 0 Å². The van der Waals surface area contributed by atoms with Gasteiger partial charge in [-0.05, 0) is 58.4 Å². The molecule has 0 aliphatic carbocycles. The summed E-state index contributed by atoms with van der Waals surface area (Å²) in [6.45, 7) is 7.68. The van der Waals surface area contributed by atoms with Gasteiger partial charge in [-0.25, -0.2) is 4.79 Å². The van der Waals surface area contributed by atoms with Gasteiger partial charge < -0.3 is 19.5 Å². The van der Waals surface area contributed by atoms with Crippen LogP contribution in [0.1, 0.15) is 71.1 Å². The highest BCUT2D eigenvalue weighted by atomic mass is 16.5. The van der Waals surface area contributed by atoms with Crippen molar-refractivity contribution in [1.82, 2.24) is 14.8 Å². The first kappa shape index (κ1) is 19.5. The van der Waals surface area contributed by atoms with Crippen molar-refractivity contribution in [2.24, 2.45) is 0 Å². The summed E-state index contributed by atoms with van der Waals surface area (Å²) in [5.41, 5.74) is 2.01. The number of carbonyl (C=O) groups is 3. The summed E-state index contributed by atoms with van der Waals surface area (Å²) in [5, 5.41) is 0. The average Bonchev–Trinajstić information content (AvgIpc) is 3.29. The molecule has 3 rings (SSSR count). The molecular formula is C20H29N3O4.